The van der Waals surface area contributed by atoms with Crippen molar-refractivity contribution in [2.45, 2.75) is 25.2 Å². The molecule has 18 heavy (non-hydrogen) atoms. The second-order valence-electron chi connectivity index (χ2n) is 4.42. The van der Waals surface area contributed by atoms with Crippen LogP contribution < -0.4 is 11.1 Å². The minimum Gasteiger partial charge on any atom is -0.370 e. The van der Waals surface area contributed by atoms with Gasteiger partial charge in [0.1, 0.15) is 5.82 Å². The molecule has 0 spiro atoms. The molecule has 1 saturated carbocycles. The zero-order valence-corrected chi connectivity index (χ0v) is 9.94. The van der Waals surface area contributed by atoms with E-state index in [0.717, 1.165) is 0 Å². The maximum absolute atomic E-state index is 13.3. The van der Waals surface area contributed by atoms with Crippen LogP contribution in [0, 0.1) is 5.92 Å². The fraction of sp³-hybridized carbons (Fsp3) is 0.500. The van der Waals surface area contributed by atoms with Crippen molar-refractivity contribution in [3.63, 3.8) is 0 Å². The molecule has 2 rings (SSSR count). The summed E-state index contributed by atoms with van der Waals surface area (Å²) in [4.78, 5) is 7.97. The summed E-state index contributed by atoms with van der Waals surface area (Å²) >= 11 is 0. The molecule has 0 aromatic carbocycles. The number of aliphatic imine (C=N–C) groups is 1. The fourth-order valence-electron chi connectivity index (χ4n) is 2.04. The largest absolute Gasteiger partial charge is 0.370 e. The fourth-order valence-corrected chi connectivity index (χ4v) is 2.04. The molecule has 1 aliphatic carbocycles. The average Bonchev–Trinajstić information content (AvgIpc) is 2.67. The van der Waals surface area contributed by atoms with Crippen LogP contribution in [-0.2, 0) is 0 Å². The van der Waals surface area contributed by atoms with Crippen LogP contribution in [0.3, 0.4) is 0 Å². The molecule has 6 heteroatoms. The van der Waals surface area contributed by atoms with Gasteiger partial charge in [0, 0.05) is 18.5 Å². The van der Waals surface area contributed by atoms with Gasteiger partial charge < -0.3 is 11.1 Å². The molecule has 1 aromatic heterocycles. The number of nitrogens with zero attached hydrogens (tertiary/aromatic N) is 2. The number of guanidine groups is 1. The van der Waals surface area contributed by atoms with Crippen molar-refractivity contribution < 1.29 is 8.78 Å². The number of aromatic nitrogens is 1. The molecule has 1 aliphatic rings. The van der Waals surface area contributed by atoms with Crippen LogP contribution in [0.1, 0.15) is 19.3 Å². The minimum absolute atomic E-state index is 0.0409. The summed E-state index contributed by atoms with van der Waals surface area (Å²) in [6, 6.07) is 5.30. The predicted molar refractivity (Wildman–Crippen MR) is 66.6 cm³/mol. The average molecular weight is 254 g/mol. The lowest BCUT2D eigenvalue weighted by atomic mass is 10.1. The lowest BCUT2D eigenvalue weighted by Gasteiger charge is -2.16. The Labute approximate surface area is 104 Å². The number of halogens is 2. The Bertz CT molecular complexity index is 419. The Balaban J connectivity index is 1.90. The van der Waals surface area contributed by atoms with E-state index in [1.165, 1.54) is 0 Å². The first-order chi connectivity index (χ1) is 8.58. The lowest BCUT2D eigenvalue weighted by Crippen LogP contribution is -2.28. The Morgan fingerprint density at radius 2 is 2.39 bits per heavy atom. The SMILES string of the molecule is NC(=NCC1CCCC1(F)F)Nc1ccccn1. The van der Waals surface area contributed by atoms with Gasteiger partial charge >= 0.3 is 0 Å². The number of nitrogens with two attached hydrogens (primary N) is 1. The minimum atomic E-state index is -2.60. The number of hydrogen-bond donors (Lipinski definition) is 2. The highest BCUT2D eigenvalue weighted by atomic mass is 19.3. The Morgan fingerprint density at radius 3 is 3.00 bits per heavy atom. The monoisotopic (exact) mass is 254 g/mol. The number of rotatable bonds is 3. The first-order valence-corrected chi connectivity index (χ1v) is 5.94. The summed E-state index contributed by atoms with van der Waals surface area (Å²) in [6.45, 7) is 0.0542. The second-order valence-corrected chi connectivity index (χ2v) is 4.42. The smallest absolute Gasteiger partial charge is 0.252 e. The Hall–Kier alpha value is -1.72. The standard InChI is InChI=1S/C12H16F2N4/c13-12(14)6-3-4-9(12)8-17-11(15)18-10-5-1-2-7-16-10/h1-2,5,7,9H,3-4,6,8H2,(H3,15,16,17,18). The third-order valence-corrected chi connectivity index (χ3v) is 3.06. The van der Waals surface area contributed by atoms with E-state index >= 15 is 0 Å². The van der Waals surface area contributed by atoms with E-state index in [-0.39, 0.29) is 18.9 Å². The summed E-state index contributed by atoms with van der Waals surface area (Å²) in [5.41, 5.74) is 5.63. The van der Waals surface area contributed by atoms with Crippen LogP contribution in [0.25, 0.3) is 0 Å². The highest BCUT2D eigenvalue weighted by Gasteiger charge is 2.43. The molecule has 1 heterocycles. The van der Waals surface area contributed by atoms with Crippen LogP contribution in [0.5, 0.6) is 0 Å². The summed E-state index contributed by atoms with van der Waals surface area (Å²) in [7, 11) is 0. The molecule has 0 saturated heterocycles. The van der Waals surface area contributed by atoms with Gasteiger partial charge in [-0.2, -0.15) is 0 Å². The lowest BCUT2D eigenvalue weighted by molar-refractivity contribution is -0.0329. The van der Waals surface area contributed by atoms with Crippen molar-refractivity contribution in [3.05, 3.63) is 24.4 Å². The van der Waals surface area contributed by atoms with E-state index < -0.39 is 11.8 Å². The van der Waals surface area contributed by atoms with Gasteiger partial charge in [0.15, 0.2) is 5.96 Å². The van der Waals surface area contributed by atoms with Gasteiger partial charge in [-0.15, -0.1) is 0 Å². The number of nitrogens with one attached hydrogen (secondary N) is 1. The molecule has 98 valence electrons. The van der Waals surface area contributed by atoms with Gasteiger partial charge in [0.05, 0.1) is 6.54 Å². The molecule has 0 bridgehead atoms. The van der Waals surface area contributed by atoms with Crippen molar-refractivity contribution in [1.29, 1.82) is 0 Å². The van der Waals surface area contributed by atoms with Crippen molar-refractivity contribution in [1.82, 2.24) is 4.98 Å². The van der Waals surface area contributed by atoms with Gasteiger partial charge in [-0.1, -0.05) is 6.07 Å². The zero-order chi connectivity index (χ0) is 13.0. The topological polar surface area (TPSA) is 63.3 Å². The molecule has 1 aromatic rings. The van der Waals surface area contributed by atoms with Crippen molar-refractivity contribution in [2.75, 3.05) is 11.9 Å². The maximum atomic E-state index is 13.3. The molecular weight excluding hydrogens is 238 g/mol. The third kappa shape index (κ3) is 3.15. The van der Waals surface area contributed by atoms with Gasteiger partial charge in [0.2, 0.25) is 0 Å². The maximum Gasteiger partial charge on any atom is 0.252 e. The number of pyridine rings is 1. The first-order valence-electron chi connectivity index (χ1n) is 5.94. The highest BCUT2D eigenvalue weighted by Crippen LogP contribution is 2.40. The summed E-state index contributed by atoms with van der Waals surface area (Å²) in [6.07, 6.45) is 2.63. The quantitative estimate of drug-likeness (QED) is 0.642. The van der Waals surface area contributed by atoms with E-state index in [4.69, 9.17) is 5.73 Å². The highest BCUT2D eigenvalue weighted by molar-refractivity contribution is 5.91. The van der Waals surface area contributed by atoms with Crippen molar-refractivity contribution in [2.24, 2.45) is 16.6 Å². The number of anilines is 1. The first kappa shape index (κ1) is 12.7. The van der Waals surface area contributed by atoms with Crippen LogP contribution in [0.15, 0.2) is 29.4 Å². The van der Waals surface area contributed by atoms with Crippen LogP contribution in [0.2, 0.25) is 0 Å². The van der Waals surface area contributed by atoms with Crippen LogP contribution in [-0.4, -0.2) is 23.4 Å². The second kappa shape index (κ2) is 5.29. The van der Waals surface area contributed by atoms with E-state index in [2.05, 4.69) is 15.3 Å². The van der Waals surface area contributed by atoms with Crippen LogP contribution >= 0.6 is 0 Å². The molecular formula is C12H16F2N4. The van der Waals surface area contributed by atoms with Crippen LogP contribution in [0.4, 0.5) is 14.6 Å². The van der Waals surface area contributed by atoms with Gasteiger partial charge in [-0.05, 0) is 25.0 Å². The van der Waals surface area contributed by atoms with E-state index in [1.54, 1.807) is 24.4 Å². The van der Waals surface area contributed by atoms with Crippen molar-refractivity contribution in [3.8, 4) is 0 Å². The van der Waals surface area contributed by atoms with E-state index in [9.17, 15) is 8.78 Å². The summed E-state index contributed by atoms with van der Waals surface area (Å²) in [5, 5.41) is 2.76. The van der Waals surface area contributed by atoms with Gasteiger partial charge in [-0.25, -0.2) is 13.8 Å². The number of alkyl halides is 2. The Kier molecular flexibility index (Phi) is 3.74. The van der Waals surface area contributed by atoms with Gasteiger partial charge in [0.25, 0.3) is 5.92 Å². The molecule has 1 unspecified atom stereocenters. The summed E-state index contributed by atoms with van der Waals surface area (Å²) in [5.74, 6) is -2.62. The number of hydrogen-bond acceptors (Lipinski definition) is 2. The normalized spacial score (nSPS) is 23.0. The predicted octanol–water partition coefficient (Wildman–Crippen LogP) is 2.24. The molecule has 4 nitrogen and oxygen atoms in total. The molecule has 1 atom stereocenters. The van der Waals surface area contributed by atoms with E-state index in [1.807, 2.05) is 0 Å². The van der Waals surface area contributed by atoms with Gasteiger partial charge in [-0.3, -0.25) is 4.99 Å². The zero-order valence-electron chi connectivity index (χ0n) is 9.94. The molecule has 3 N–H and O–H groups in total. The summed E-state index contributed by atoms with van der Waals surface area (Å²) < 4.78 is 26.7. The molecule has 0 aliphatic heterocycles. The molecule has 0 amide bonds. The Morgan fingerprint density at radius 1 is 1.56 bits per heavy atom. The van der Waals surface area contributed by atoms with Crippen molar-refractivity contribution >= 4 is 11.8 Å². The third-order valence-electron chi connectivity index (χ3n) is 3.06. The molecule has 1 fully saturated rings. The molecule has 0 radical (unpaired) electrons. The van der Waals surface area contributed by atoms with E-state index in [0.29, 0.717) is 18.7 Å².